The Kier molecular flexibility index (Phi) is 3.69. The first-order valence-electron chi connectivity index (χ1n) is 5.84. The molecule has 0 bridgehead atoms. The molecule has 3 nitrogen and oxygen atoms in total. The number of methoxy groups -OCH3 is 1. The summed E-state index contributed by atoms with van der Waals surface area (Å²) in [6.07, 6.45) is 1.66. The zero-order valence-electron chi connectivity index (χ0n) is 9.94. The van der Waals surface area contributed by atoms with Crippen LogP contribution in [-0.4, -0.2) is 18.7 Å². The lowest BCUT2D eigenvalue weighted by Gasteiger charge is -2.08. The first kappa shape index (κ1) is 12.0. The average Bonchev–Trinajstić information content (AvgIpc) is 2.76. The van der Waals surface area contributed by atoms with Gasteiger partial charge in [-0.25, -0.2) is 0 Å². The zero-order chi connectivity index (χ0) is 12.3. The van der Waals surface area contributed by atoms with Gasteiger partial charge in [-0.15, -0.1) is 0 Å². The molecule has 1 aromatic carbocycles. The fraction of sp³-hybridized carbons (Fsp3) is 0.429. The van der Waals surface area contributed by atoms with Gasteiger partial charge in [0.15, 0.2) is 5.78 Å². The fourth-order valence-corrected chi connectivity index (χ4v) is 2.25. The first-order chi connectivity index (χ1) is 8.20. The van der Waals surface area contributed by atoms with Gasteiger partial charge in [-0.3, -0.25) is 9.59 Å². The maximum atomic E-state index is 12.2. The smallest absolute Gasteiger partial charge is 0.166 e. The van der Waals surface area contributed by atoms with Gasteiger partial charge in [0.25, 0.3) is 0 Å². The zero-order valence-corrected chi connectivity index (χ0v) is 9.94. The van der Waals surface area contributed by atoms with Crippen molar-refractivity contribution in [3.8, 4) is 0 Å². The van der Waals surface area contributed by atoms with Crippen molar-refractivity contribution >= 4 is 11.6 Å². The molecule has 1 unspecified atom stereocenters. The second-order valence-electron chi connectivity index (χ2n) is 4.48. The number of Topliss-reactive ketones (excluding diaryl/α,β-unsaturated/α-hetero) is 2. The molecule has 2 rings (SSSR count). The second kappa shape index (κ2) is 5.23. The monoisotopic (exact) mass is 232 g/mol. The Labute approximate surface area is 101 Å². The van der Waals surface area contributed by atoms with Crippen molar-refractivity contribution < 1.29 is 14.3 Å². The number of hydrogen-bond donors (Lipinski definition) is 0. The van der Waals surface area contributed by atoms with Crippen LogP contribution in [0.15, 0.2) is 24.3 Å². The van der Waals surface area contributed by atoms with Crippen LogP contribution in [0.5, 0.6) is 0 Å². The summed E-state index contributed by atoms with van der Waals surface area (Å²) in [5.74, 6) is 0.186. The molecular formula is C14H16O3. The Morgan fingerprint density at radius 3 is 2.94 bits per heavy atom. The van der Waals surface area contributed by atoms with Crippen LogP contribution < -0.4 is 0 Å². The molecule has 1 aliphatic rings. The van der Waals surface area contributed by atoms with Crippen molar-refractivity contribution in [2.45, 2.75) is 25.9 Å². The Morgan fingerprint density at radius 2 is 2.29 bits per heavy atom. The minimum absolute atomic E-state index is 0.0915. The molecule has 1 aliphatic carbocycles. The third-order valence-corrected chi connectivity index (χ3v) is 3.14. The number of benzene rings is 1. The van der Waals surface area contributed by atoms with Crippen LogP contribution in [0.3, 0.4) is 0 Å². The highest BCUT2D eigenvalue weighted by atomic mass is 16.5. The van der Waals surface area contributed by atoms with E-state index in [4.69, 9.17) is 4.74 Å². The van der Waals surface area contributed by atoms with E-state index in [0.29, 0.717) is 31.4 Å². The SMILES string of the molecule is COCc1cccc(C(=O)C2CCC(=O)C2)c1. The van der Waals surface area contributed by atoms with Gasteiger partial charge in [0.05, 0.1) is 6.61 Å². The van der Waals surface area contributed by atoms with E-state index in [0.717, 1.165) is 5.56 Å². The van der Waals surface area contributed by atoms with E-state index in [9.17, 15) is 9.59 Å². The summed E-state index contributed by atoms with van der Waals surface area (Å²) in [6, 6.07) is 7.46. The van der Waals surface area contributed by atoms with E-state index >= 15 is 0 Å². The average molecular weight is 232 g/mol. The Balaban J connectivity index is 2.13. The van der Waals surface area contributed by atoms with Gasteiger partial charge < -0.3 is 4.74 Å². The van der Waals surface area contributed by atoms with Crippen molar-refractivity contribution in [1.29, 1.82) is 0 Å². The van der Waals surface area contributed by atoms with E-state index < -0.39 is 0 Å². The summed E-state index contributed by atoms with van der Waals surface area (Å²) in [5.41, 5.74) is 1.68. The van der Waals surface area contributed by atoms with Crippen LogP contribution in [-0.2, 0) is 16.1 Å². The third kappa shape index (κ3) is 2.80. The summed E-state index contributed by atoms with van der Waals surface area (Å²) < 4.78 is 5.04. The normalized spacial score (nSPS) is 19.6. The first-order valence-corrected chi connectivity index (χ1v) is 5.84. The van der Waals surface area contributed by atoms with E-state index in [1.54, 1.807) is 7.11 Å². The molecule has 1 atom stereocenters. The highest BCUT2D eigenvalue weighted by molar-refractivity contribution is 6.01. The van der Waals surface area contributed by atoms with Crippen LogP contribution >= 0.6 is 0 Å². The molecule has 1 saturated carbocycles. The maximum Gasteiger partial charge on any atom is 0.166 e. The highest BCUT2D eigenvalue weighted by Gasteiger charge is 2.28. The van der Waals surface area contributed by atoms with Crippen LogP contribution in [0.4, 0.5) is 0 Å². The quantitative estimate of drug-likeness (QED) is 0.748. The van der Waals surface area contributed by atoms with Crippen molar-refractivity contribution in [3.05, 3.63) is 35.4 Å². The molecule has 0 heterocycles. The maximum absolute atomic E-state index is 12.2. The Hall–Kier alpha value is -1.48. The van der Waals surface area contributed by atoms with E-state index in [2.05, 4.69) is 0 Å². The van der Waals surface area contributed by atoms with Crippen LogP contribution in [0, 0.1) is 5.92 Å². The molecule has 0 N–H and O–H groups in total. The summed E-state index contributed by atoms with van der Waals surface area (Å²) in [7, 11) is 1.63. The van der Waals surface area contributed by atoms with E-state index in [1.807, 2.05) is 24.3 Å². The lowest BCUT2D eigenvalue weighted by atomic mass is 9.95. The summed E-state index contributed by atoms with van der Waals surface area (Å²) in [4.78, 5) is 23.3. The summed E-state index contributed by atoms with van der Waals surface area (Å²) in [5, 5.41) is 0. The van der Waals surface area contributed by atoms with Crippen molar-refractivity contribution in [3.63, 3.8) is 0 Å². The molecule has 90 valence electrons. The van der Waals surface area contributed by atoms with Crippen molar-refractivity contribution in [1.82, 2.24) is 0 Å². The fourth-order valence-electron chi connectivity index (χ4n) is 2.25. The van der Waals surface area contributed by atoms with Crippen molar-refractivity contribution in [2.75, 3.05) is 7.11 Å². The Morgan fingerprint density at radius 1 is 1.47 bits per heavy atom. The predicted molar refractivity (Wildman–Crippen MR) is 63.8 cm³/mol. The largest absolute Gasteiger partial charge is 0.380 e. The minimum Gasteiger partial charge on any atom is -0.380 e. The number of hydrogen-bond acceptors (Lipinski definition) is 3. The second-order valence-corrected chi connectivity index (χ2v) is 4.48. The van der Waals surface area contributed by atoms with Gasteiger partial charge in [-0.2, -0.15) is 0 Å². The lowest BCUT2D eigenvalue weighted by molar-refractivity contribution is -0.117. The van der Waals surface area contributed by atoms with E-state index in [-0.39, 0.29) is 17.5 Å². The number of carbonyl (C=O) groups is 2. The van der Waals surface area contributed by atoms with Gasteiger partial charge in [0, 0.05) is 31.4 Å². The molecule has 0 spiro atoms. The van der Waals surface area contributed by atoms with E-state index in [1.165, 1.54) is 0 Å². The highest BCUT2D eigenvalue weighted by Crippen LogP contribution is 2.26. The standard InChI is InChI=1S/C14H16O3/c1-17-9-10-3-2-4-11(7-10)14(16)12-5-6-13(15)8-12/h2-4,7,12H,5-6,8-9H2,1H3. The van der Waals surface area contributed by atoms with Crippen LogP contribution in [0.25, 0.3) is 0 Å². The Bertz CT molecular complexity index is 437. The molecule has 0 amide bonds. The summed E-state index contributed by atoms with van der Waals surface area (Å²) in [6.45, 7) is 0.505. The van der Waals surface area contributed by atoms with Crippen LogP contribution in [0.1, 0.15) is 35.2 Å². The molecule has 3 heteroatoms. The molecule has 0 radical (unpaired) electrons. The summed E-state index contributed by atoms with van der Waals surface area (Å²) >= 11 is 0. The minimum atomic E-state index is -0.111. The molecule has 1 aromatic rings. The van der Waals surface area contributed by atoms with Gasteiger partial charge in [0.2, 0.25) is 0 Å². The predicted octanol–water partition coefficient (Wildman–Crippen LogP) is 2.38. The molecule has 0 saturated heterocycles. The van der Waals surface area contributed by atoms with Crippen molar-refractivity contribution in [2.24, 2.45) is 5.92 Å². The van der Waals surface area contributed by atoms with Gasteiger partial charge >= 0.3 is 0 Å². The molecular weight excluding hydrogens is 216 g/mol. The van der Waals surface area contributed by atoms with Gasteiger partial charge in [-0.05, 0) is 18.1 Å². The third-order valence-electron chi connectivity index (χ3n) is 3.14. The van der Waals surface area contributed by atoms with Gasteiger partial charge in [-0.1, -0.05) is 18.2 Å². The van der Waals surface area contributed by atoms with Gasteiger partial charge in [0.1, 0.15) is 5.78 Å². The number of rotatable bonds is 4. The molecule has 0 aromatic heterocycles. The molecule has 17 heavy (non-hydrogen) atoms. The molecule has 0 aliphatic heterocycles. The lowest BCUT2D eigenvalue weighted by Crippen LogP contribution is -2.12. The number of ketones is 2. The van der Waals surface area contributed by atoms with Crippen LogP contribution in [0.2, 0.25) is 0 Å². The number of carbonyl (C=O) groups excluding carboxylic acids is 2. The number of ether oxygens (including phenoxy) is 1. The topological polar surface area (TPSA) is 43.4 Å². The molecule has 1 fully saturated rings.